The normalized spacial score (nSPS) is 21.4. The summed E-state index contributed by atoms with van der Waals surface area (Å²) in [5.74, 6) is -1.11. The molecule has 4 aromatic rings. The molecule has 0 spiro atoms. The molecule has 0 saturated heterocycles. The average molecular weight is 586 g/mol. The van der Waals surface area contributed by atoms with E-state index in [0.29, 0.717) is 32.5 Å². The SMILES string of the molecule is CC(C)[C@@H]1NC(=O)[C@@H](C(C)C)NC(=O)[C@@H](Cc2c[nH]c3ccccc23)NCCc2cccc3cnn(c23)CCN(C)C1=O. The number of carbonyl (C=O) groups excluding carboxylic acids is 3. The molecule has 0 unspecified atom stereocenters. The lowest BCUT2D eigenvalue weighted by Gasteiger charge is -2.30. The van der Waals surface area contributed by atoms with E-state index in [0.717, 1.165) is 32.9 Å². The predicted octanol–water partition coefficient (Wildman–Crippen LogP) is 3.01. The van der Waals surface area contributed by atoms with E-state index >= 15 is 0 Å². The smallest absolute Gasteiger partial charge is 0.245 e. The molecule has 3 heterocycles. The van der Waals surface area contributed by atoms with E-state index in [9.17, 15) is 14.4 Å². The average Bonchev–Trinajstić information content (AvgIpc) is 3.60. The number of benzene rings is 2. The number of nitrogens with zero attached hydrogens (tertiary/aromatic N) is 3. The van der Waals surface area contributed by atoms with Crippen molar-refractivity contribution in [2.45, 2.75) is 65.2 Å². The zero-order valence-electron chi connectivity index (χ0n) is 25.7. The van der Waals surface area contributed by atoms with Crippen LogP contribution in [-0.4, -0.2) is 75.6 Å². The van der Waals surface area contributed by atoms with Crippen molar-refractivity contribution in [1.82, 2.24) is 35.6 Å². The minimum absolute atomic E-state index is 0.141. The number of amides is 3. The number of hydrogen-bond donors (Lipinski definition) is 4. The number of H-pyrrole nitrogens is 1. The monoisotopic (exact) mass is 585 g/mol. The number of para-hydroxylation sites is 2. The second kappa shape index (κ2) is 13.0. The molecule has 1 aliphatic rings. The molecule has 228 valence electrons. The highest BCUT2D eigenvalue weighted by molar-refractivity contribution is 5.94. The van der Waals surface area contributed by atoms with Crippen LogP contribution in [0.2, 0.25) is 0 Å². The van der Waals surface area contributed by atoms with Gasteiger partial charge in [-0.2, -0.15) is 5.10 Å². The Morgan fingerprint density at radius 2 is 1.65 bits per heavy atom. The van der Waals surface area contributed by atoms with Crippen LogP contribution in [0.3, 0.4) is 0 Å². The second-order valence-electron chi connectivity index (χ2n) is 12.3. The summed E-state index contributed by atoms with van der Waals surface area (Å²) in [4.78, 5) is 46.1. The first kappa shape index (κ1) is 30.3. The molecule has 2 aromatic carbocycles. The lowest BCUT2D eigenvalue weighted by atomic mass is 9.98. The van der Waals surface area contributed by atoms with Gasteiger partial charge in [-0.15, -0.1) is 0 Å². The summed E-state index contributed by atoms with van der Waals surface area (Å²) in [5.41, 5.74) is 4.17. The van der Waals surface area contributed by atoms with E-state index in [1.54, 1.807) is 11.9 Å². The third kappa shape index (κ3) is 6.59. The number of fused-ring (bicyclic) bond motifs is 1. The van der Waals surface area contributed by atoms with Crippen LogP contribution in [0.4, 0.5) is 0 Å². The fourth-order valence-corrected chi connectivity index (χ4v) is 5.89. The van der Waals surface area contributed by atoms with Crippen LogP contribution in [-0.2, 0) is 33.8 Å². The Morgan fingerprint density at radius 3 is 2.42 bits per heavy atom. The molecule has 1 aliphatic heterocycles. The van der Waals surface area contributed by atoms with Crippen molar-refractivity contribution in [3.8, 4) is 0 Å². The summed E-state index contributed by atoms with van der Waals surface area (Å²) in [6, 6.07) is 12.1. The standard InChI is InChI=1S/C33H43N7O3/c1-20(2)28-32(42)38-29(21(3)4)33(43)39(5)15-16-40-30-22(9-8-10-23(30)19-36-40)13-14-34-27(31(41)37-28)17-24-18-35-26-12-7-6-11-25(24)26/h6-12,18-21,27-29,34-35H,13-17H2,1-5H3,(H,37,41)(H,38,42)/t27-,28-,29+/m1/s1. The van der Waals surface area contributed by atoms with Crippen LogP contribution in [0.5, 0.6) is 0 Å². The summed E-state index contributed by atoms with van der Waals surface area (Å²) in [6.45, 7) is 9.14. The molecule has 43 heavy (non-hydrogen) atoms. The third-order valence-electron chi connectivity index (χ3n) is 8.45. The third-order valence-corrected chi connectivity index (χ3v) is 8.45. The van der Waals surface area contributed by atoms with Crippen LogP contribution in [0.25, 0.3) is 21.8 Å². The van der Waals surface area contributed by atoms with Gasteiger partial charge in [0.05, 0.1) is 24.3 Å². The van der Waals surface area contributed by atoms with Gasteiger partial charge < -0.3 is 25.8 Å². The van der Waals surface area contributed by atoms with Gasteiger partial charge in [0.1, 0.15) is 12.1 Å². The number of likely N-dealkylation sites (N-methyl/N-ethyl adjacent to an activating group) is 1. The topological polar surface area (TPSA) is 124 Å². The van der Waals surface area contributed by atoms with Crippen LogP contribution in [0, 0.1) is 11.8 Å². The molecule has 10 nitrogen and oxygen atoms in total. The summed E-state index contributed by atoms with van der Waals surface area (Å²) in [7, 11) is 1.76. The highest BCUT2D eigenvalue weighted by Crippen LogP contribution is 2.21. The maximum Gasteiger partial charge on any atom is 0.245 e. The Bertz CT molecular complexity index is 1600. The summed E-state index contributed by atoms with van der Waals surface area (Å²) >= 11 is 0. The summed E-state index contributed by atoms with van der Waals surface area (Å²) < 4.78 is 1.94. The molecule has 0 radical (unpaired) electrons. The van der Waals surface area contributed by atoms with Gasteiger partial charge in [0.2, 0.25) is 17.7 Å². The molecule has 0 aliphatic carbocycles. The van der Waals surface area contributed by atoms with Gasteiger partial charge in [0.25, 0.3) is 0 Å². The van der Waals surface area contributed by atoms with E-state index in [2.05, 4.69) is 32.1 Å². The Hall–Kier alpha value is -4.18. The number of hydrogen-bond acceptors (Lipinski definition) is 5. The Labute approximate surface area is 252 Å². The van der Waals surface area contributed by atoms with Gasteiger partial charge in [0.15, 0.2) is 0 Å². The van der Waals surface area contributed by atoms with Crippen molar-refractivity contribution < 1.29 is 14.4 Å². The summed E-state index contributed by atoms with van der Waals surface area (Å²) in [6.07, 6.45) is 4.92. The fourth-order valence-electron chi connectivity index (χ4n) is 5.89. The van der Waals surface area contributed by atoms with Crippen LogP contribution in [0.1, 0.15) is 38.8 Å². The van der Waals surface area contributed by atoms with Crippen LogP contribution < -0.4 is 16.0 Å². The van der Waals surface area contributed by atoms with Crippen LogP contribution in [0.15, 0.2) is 54.9 Å². The Balaban J connectivity index is 1.50. The van der Waals surface area contributed by atoms with Crippen molar-refractivity contribution >= 4 is 39.5 Å². The number of nitrogens with one attached hydrogen (secondary N) is 4. The lowest BCUT2D eigenvalue weighted by Crippen LogP contribution is -2.59. The minimum Gasteiger partial charge on any atom is -0.361 e. The highest BCUT2D eigenvalue weighted by atomic mass is 16.2. The molecule has 3 atom stereocenters. The molecule has 2 aromatic heterocycles. The van der Waals surface area contributed by atoms with Crippen molar-refractivity contribution in [2.75, 3.05) is 20.1 Å². The molecule has 3 amide bonds. The van der Waals surface area contributed by atoms with Gasteiger partial charge in [-0.25, -0.2) is 0 Å². The number of aromatic nitrogens is 3. The van der Waals surface area contributed by atoms with Crippen molar-refractivity contribution in [1.29, 1.82) is 0 Å². The molecular weight excluding hydrogens is 542 g/mol. The maximum atomic E-state index is 13.9. The van der Waals surface area contributed by atoms with E-state index in [-0.39, 0.29) is 29.6 Å². The zero-order valence-corrected chi connectivity index (χ0v) is 25.7. The summed E-state index contributed by atoms with van der Waals surface area (Å²) in [5, 5.41) is 16.2. The molecule has 0 saturated carbocycles. The van der Waals surface area contributed by atoms with Gasteiger partial charge in [-0.05, 0) is 48.4 Å². The maximum absolute atomic E-state index is 13.9. The lowest BCUT2D eigenvalue weighted by molar-refractivity contribution is -0.138. The molecule has 0 fully saturated rings. The largest absolute Gasteiger partial charge is 0.361 e. The Kier molecular flexibility index (Phi) is 9.15. The van der Waals surface area contributed by atoms with Crippen molar-refractivity contribution in [3.63, 3.8) is 0 Å². The molecule has 10 heteroatoms. The van der Waals surface area contributed by atoms with E-state index in [1.165, 1.54) is 0 Å². The first-order valence-electron chi connectivity index (χ1n) is 15.2. The second-order valence-corrected chi connectivity index (χ2v) is 12.3. The first-order chi connectivity index (χ1) is 20.6. The van der Waals surface area contributed by atoms with E-state index in [4.69, 9.17) is 0 Å². The van der Waals surface area contributed by atoms with Crippen molar-refractivity contribution in [2.24, 2.45) is 11.8 Å². The van der Waals surface area contributed by atoms with Gasteiger partial charge in [0, 0.05) is 36.1 Å². The Morgan fingerprint density at radius 1 is 0.907 bits per heavy atom. The van der Waals surface area contributed by atoms with Crippen molar-refractivity contribution in [3.05, 3.63) is 66.0 Å². The highest BCUT2D eigenvalue weighted by Gasteiger charge is 2.33. The van der Waals surface area contributed by atoms with Crippen LogP contribution >= 0.6 is 0 Å². The molecule has 5 rings (SSSR count). The zero-order chi connectivity index (χ0) is 30.7. The van der Waals surface area contributed by atoms with E-state index in [1.807, 2.05) is 81.2 Å². The number of carbonyl (C=O) groups is 3. The van der Waals surface area contributed by atoms with Gasteiger partial charge in [-0.3, -0.25) is 19.1 Å². The van der Waals surface area contributed by atoms with E-state index < -0.39 is 18.1 Å². The predicted molar refractivity (Wildman–Crippen MR) is 168 cm³/mol. The molecule has 0 bridgehead atoms. The molecule has 4 N–H and O–H groups in total. The molecular formula is C33H43N7O3. The number of rotatable bonds is 4. The fraction of sp³-hybridized carbons (Fsp3) is 0.455. The van der Waals surface area contributed by atoms with Gasteiger partial charge >= 0.3 is 0 Å². The quantitative estimate of drug-likeness (QED) is 0.293. The first-order valence-corrected chi connectivity index (χ1v) is 15.2. The minimum atomic E-state index is -0.798. The van der Waals surface area contributed by atoms with Gasteiger partial charge in [-0.1, -0.05) is 64.1 Å². The number of aromatic amines is 1.